The summed E-state index contributed by atoms with van der Waals surface area (Å²) in [5, 5.41) is 2.76. The number of nitrogens with zero attached hydrogens (tertiary/aromatic N) is 2. The van der Waals surface area contributed by atoms with E-state index in [4.69, 9.17) is 20.9 Å². The van der Waals surface area contributed by atoms with Crippen molar-refractivity contribution in [2.24, 2.45) is 11.7 Å². The molecular weight excluding hydrogens is 410 g/mol. The monoisotopic (exact) mass is 431 g/mol. The first kappa shape index (κ1) is 19.8. The van der Waals surface area contributed by atoms with E-state index in [0.717, 1.165) is 11.1 Å². The summed E-state index contributed by atoms with van der Waals surface area (Å²) in [7, 11) is 0. The standard InChI is InChI=1S/C23H21N5O4/c24-17-5-7-26-11-16(17)21-15(22(25)30)10-12-9-13(1-3-18(12)32-21)31-19-6-8-27-23-14(19)2-4-20(29)28-23/h1,3,5-9,11,15,21H,2,4,10H2,(H2,24,26)(H2,25,30)(H,27,28,29). The van der Waals surface area contributed by atoms with Crippen molar-refractivity contribution in [2.45, 2.75) is 25.4 Å². The Morgan fingerprint density at radius 2 is 2.06 bits per heavy atom. The second kappa shape index (κ2) is 7.84. The van der Waals surface area contributed by atoms with Crippen molar-refractivity contribution in [3.8, 4) is 17.2 Å². The van der Waals surface area contributed by atoms with Crippen LogP contribution in [-0.2, 0) is 22.4 Å². The number of pyridine rings is 2. The van der Waals surface area contributed by atoms with Crippen LogP contribution in [0, 0.1) is 5.92 Å². The zero-order chi connectivity index (χ0) is 22.2. The van der Waals surface area contributed by atoms with Crippen molar-refractivity contribution < 1.29 is 19.1 Å². The van der Waals surface area contributed by atoms with Crippen LogP contribution in [-0.4, -0.2) is 21.8 Å². The molecule has 0 saturated heterocycles. The molecule has 2 aliphatic rings. The SMILES string of the molecule is NC(=O)C1Cc2cc(Oc3ccnc4c3CCC(=O)N4)ccc2OC1c1cnccc1N. The summed E-state index contributed by atoms with van der Waals surface area (Å²) in [5.74, 6) is 1.22. The Bertz CT molecular complexity index is 1230. The van der Waals surface area contributed by atoms with E-state index in [1.54, 1.807) is 42.9 Å². The molecule has 162 valence electrons. The lowest BCUT2D eigenvalue weighted by Gasteiger charge is -2.32. The van der Waals surface area contributed by atoms with E-state index in [1.807, 2.05) is 6.07 Å². The lowest BCUT2D eigenvalue weighted by Crippen LogP contribution is -2.36. The summed E-state index contributed by atoms with van der Waals surface area (Å²) < 4.78 is 12.3. The van der Waals surface area contributed by atoms with Gasteiger partial charge in [-0.1, -0.05) is 0 Å². The Kier molecular flexibility index (Phi) is 4.85. The van der Waals surface area contributed by atoms with E-state index in [-0.39, 0.29) is 5.91 Å². The van der Waals surface area contributed by atoms with E-state index in [9.17, 15) is 9.59 Å². The molecule has 0 aliphatic carbocycles. The van der Waals surface area contributed by atoms with Crippen molar-refractivity contribution >= 4 is 23.3 Å². The zero-order valence-corrected chi connectivity index (χ0v) is 17.1. The number of anilines is 2. The summed E-state index contributed by atoms with van der Waals surface area (Å²) in [6.45, 7) is 0. The fraction of sp³-hybridized carbons (Fsp3) is 0.217. The Morgan fingerprint density at radius 1 is 1.19 bits per heavy atom. The third kappa shape index (κ3) is 3.58. The van der Waals surface area contributed by atoms with Gasteiger partial charge in [0.25, 0.3) is 0 Å². The van der Waals surface area contributed by atoms with Gasteiger partial charge in [-0.3, -0.25) is 14.6 Å². The molecule has 32 heavy (non-hydrogen) atoms. The minimum absolute atomic E-state index is 0.0608. The summed E-state index contributed by atoms with van der Waals surface area (Å²) in [6, 6.07) is 8.86. The fourth-order valence-electron chi connectivity index (χ4n) is 4.12. The van der Waals surface area contributed by atoms with Crippen LogP contribution in [0.5, 0.6) is 17.2 Å². The van der Waals surface area contributed by atoms with Crippen molar-refractivity contribution in [1.82, 2.24) is 9.97 Å². The van der Waals surface area contributed by atoms with Crippen LogP contribution in [0.2, 0.25) is 0 Å². The highest BCUT2D eigenvalue weighted by Gasteiger charge is 2.36. The number of nitrogen functional groups attached to an aromatic ring is 1. The summed E-state index contributed by atoms with van der Waals surface area (Å²) in [5.41, 5.74) is 14.6. The molecule has 0 fully saturated rings. The van der Waals surface area contributed by atoms with E-state index in [2.05, 4.69) is 15.3 Å². The number of amides is 2. The van der Waals surface area contributed by atoms with Crippen LogP contribution in [0.25, 0.3) is 0 Å². The summed E-state index contributed by atoms with van der Waals surface area (Å²) >= 11 is 0. The van der Waals surface area contributed by atoms with Crippen LogP contribution in [0.15, 0.2) is 48.9 Å². The van der Waals surface area contributed by atoms with Crippen LogP contribution in [0.3, 0.4) is 0 Å². The number of hydrogen-bond acceptors (Lipinski definition) is 7. The highest BCUT2D eigenvalue weighted by atomic mass is 16.5. The summed E-state index contributed by atoms with van der Waals surface area (Å²) in [4.78, 5) is 32.2. The number of fused-ring (bicyclic) bond motifs is 2. The van der Waals surface area contributed by atoms with Gasteiger partial charge in [0, 0.05) is 41.8 Å². The molecule has 0 radical (unpaired) electrons. The van der Waals surface area contributed by atoms with Gasteiger partial charge in [0.1, 0.15) is 29.2 Å². The average molecular weight is 431 g/mol. The number of hydrogen-bond donors (Lipinski definition) is 3. The van der Waals surface area contributed by atoms with Gasteiger partial charge in [-0.05, 0) is 48.7 Å². The topological polar surface area (TPSA) is 142 Å². The number of benzene rings is 1. The third-order valence-corrected chi connectivity index (χ3v) is 5.75. The number of nitrogens with one attached hydrogen (secondary N) is 1. The predicted molar refractivity (Wildman–Crippen MR) is 116 cm³/mol. The Labute approximate surface area is 183 Å². The third-order valence-electron chi connectivity index (χ3n) is 5.75. The van der Waals surface area contributed by atoms with Crippen molar-refractivity contribution in [3.05, 3.63) is 65.6 Å². The quantitative estimate of drug-likeness (QED) is 0.576. The molecule has 0 bridgehead atoms. The van der Waals surface area contributed by atoms with E-state index < -0.39 is 17.9 Å². The number of nitrogens with two attached hydrogens (primary N) is 2. The Hall–Kier alpha value is -4.14. The molecule has 3 aromatic rings. The van der Waals surface area contributed by atoms with Gasteiger partial charge in [-0.2, -0.15) is 0 Å². The predicted octanol–water partition coefficient (Wildman–Crippen LogP) is 2.51. The van der Waals surface area contributed by atoms with Crippen molar-refractivity contribution in [1.29, 1.82) is 0 Å². The smallest absolute Gasteiger partial charge is 0.225 e. The van der Waals surface area contributed by atoms with Crippen LogP contribution in [0.1, 0.15) is 29.2 Å². The molecule has 1 aromatic carbocycles. The molecule has 2 aromatic heterocycles. The fourth-order valence-corrected chi connectivity index (χ4v) is 4.12. The molecule has 2 atom stereocenters. The second-order valence-electron chi connectivity index (χ2n) is 7.81. The molecule has 2 aliphatic heterocycles. The Morgan fingerprint density at radius 3 is 2.88 bits per heavy atom. The van der Waals surface area contributed by atoms with Crippen LogP contribution < -0.4 is 26.3 Å². The second-order valence-corrected chi connectivity index (χ2v) is 7.81. The Balaban J connectivity index is 1.44. The van der Waals surface area contributed by atoms with Gasteiger partial charge in [-0.15, -0.1) is 0 Å². The number of rotatable bonds is 4. The zero-order valence-electron chi connectivity index (χ0n) is 17.1. The number of ether oxygens (including phenoxy) is 2. The minimum atomic E-state index is -0.615. The maximum Gasteiger partial charge on any atom is 0.225 e. The molecule has 0 saturated carbocycles. The van der Waals surface area contributed by atoms with E-state index >= 15 is 0 Å². The molecule has 9 heteroatoms. The van der Waals surface area contributed by atoms with Crippen LogP contribution in [0.4, 0.5) is 11.5 Å². The number of primary amides is 1. The molecular formula is C23H21N5O4. The van der Waals surface area contributed by atoms with Crippen molar-refractivity contribution in [2.75, 3.05) is 11.1 Å². The molecule has 4 heterocycles. The first-order valence-corrected chi connectivity index (χ1v) is 10.2. The maximum absolute atomic E-state index is 12.2. The first-order valence-electron chi connectivity index (χ1n) is 10.2. The average Bonchev–Trinajstić information content (AvgIpc) is 2.78. The van der Waals surface area contributed by atoms with E-state index in [0.29, 0.717) is 53.6 Å². The molecule has 0 spiro atoms. The van der Waals surface area contributed by atoms with Crippen LogP contribution >= 0.6 is 0 Å². The molecule has 5 rings (SSSR count). The summed E-state index contributed by atoms with van der Waals surface area (Å²) in [6.07, 6.45) is 5.48. The van der Waals surface area contributed by atoms with Crippen molar-refractivity contribution in [3.63, 3.8) is 0 Å². The molecule has 2 amide bonds. The minimum Gasteiger partial charge on any atom is -0.484 e. The first-order chi connectivity index (χ1) is 15.5. The lowest BCUT2D eigenvalue weighted by molar-refractivity contribution is -0.125. The van der Waals surface area contributed by atoms with Gasteiger partial charge in [0.2, 0.25) is 11.8 Å². The molecule has 9 nitrogen and oxygen atoms in total. The largest absolute Gasteiger partial charge is 0.484 e. The molecule has 5 N–H and O–H groups in total. The number of carbonyl (C=O) groups is 2. The lowest BCUT2D eigenvalue weighted by atomic mass is 9.86. The highest BCUT2D eigenvalue weighted by Crippen LogP contribution is 2.42. The molecule has 2 unspecified atom stereocenters. The van der Waals surface area contributed by atoms with Gasteiger partial charge >= 0.3 is 0 Å². The normalized spacial score (nSPS) is 19.2. The number of carbonyl (C=O) groups excluding carboxylic acids is 2. The van der Waals surface area contributed by atoms with Gasteiger partial charge in [-0.25, -0.2) is 4.98 Å². The van der Waals surface area contributed by atoms with E-state index in [1.165, 1.54) is 0 Å². The highest BCUT2D eigenvalue weighted by molar-refractivity contribution is 5.93. The van der Waals surface area contributed by atoms with Gasteiger partial charge in [0.15, 0.2) is 0 Å². The number of aromatic nitrogens is 2. The van der Waals surface area contributed by atoms with Gasteiger partial charge < -0.3 is 26.3 Å². The van der Waals surface area contributed by atoms with Gasteiger partial charge in [0.05, 0.1) is 5.92 Å². The maximum atomic E-state index is 12.2.